The Kier molecular flexibility index (Phi) is 5.50. The van der Waals surface area contributed by atoms with Crippen molar-refractivity contribution >= 4 is 38.6 Å². The van der Waals surface area contributed by atoms with Crippen LogP contribution in [0.2, 0.25) is 0 Å². The molecule has 0 atom stereocenters. The molecule has 0 fully saturated rings. The van der Waals surface area contributed by atoms with E-state index in [1.54, 1.807) is 22.7 Å². The van der Waals surface area contributed by atoms with Gasteiger partial charge in [0.2, 0.25) is 0 Å². The summed E-state index contributed by atoms with van der Waals surface area (Å²) in [6.45, 7) is 7.47. The largest absolute Gasteiger partial charge is 0.315 e. The fourth-order valence-corrected chi connectivity index (χ4v) is 4.11. The minimum atomic E-state index is 0.552. The summed E-state index contributed by atoms with van der Waals surface area (Å²) >= 11 is 6.98. The van der Waals surface area contributed by atoms with E-state index in [0.29, 0.717) is 6.04 Å². The molecule has 1 N–H and O–H groups in total. The van der Waals surface area contributed by atoms with Gasteiger partial charge in [-0.15, -0.1) is 21.5 Å². The Morgan fingerprint density at radius 2 is 2.11 bits per heavy atom. The van der Waals surface area contributed by atoms with Gasteiger partial charge < -0.3 is 5.32 Å². The van der Waals surface area contributed by atoms with Crippen LogP contribution in [0.25, 0.3) is 9.88 Å². The third-order valence-electron chi connectivity index (χ3n) is 2.65. The van der Waals surface area contributed by atoms with Crippen molar-refractivity contribution < 1.29 is 0 Å². The van der Waals surface area contributed by atoms with Crippen LogP contribution in [0.3, 0.4) is 0 Å². The van der Waals surface area contributed by atoms with Crippen LogP contribution < -0.4 is 5.32 Å². The summed E-state index contributed by atoms with van der Waals surface area (Å²) in [5, 5.41) is 14.2. The van der Waals surface area contributed by atoms with Gasteiger partial charge in [-0.2, -0.15) is 0 Å². The van der Waals surface area contributed by atoms with Gasteiger partial charge in [0.05, 0.1) is 8.66 Å². The first-order chi connectivity index (χ1) is 9.06. The van der Waals surface area contributed by atoms with Gasteiger partial charge in [0.1, 0.15) is 5.01 Å². The van der Waals surface area contributed by atoms with Gasteiger partial charge in [-0.1, -0.05) is 25.2 Å². The zero-order valence-corrected chi connectivity index (χ0v) is 14.6. The maximum absolute atomic E-state index is 4.29. The second-order valence-corrected chi connectivity index (χ2v) is 8.21. The Morgan fingerprint density at radius 3 is 2.74 bits per heavy atom. The van der Waals surface area contributed by atoms with Crippen LogP contribution in [0.5, 0.6) is 0 Å². The smallest absolute Gasteiger partial charge is 0.157 e. The molecule has 3 nitrogen and oxygen atoms in total. The van der Waals surface area contributed by atoms with Crippen LogP contribution in [0.4, 0.5) is 0 Å². The topological polar surface area (TPSA) is 37.8 Å². The molecule has 0 saturated heterocycles. The molecular weight excluding hydrogens is 342 g/mol. The van der Waals surface area contributed by atoms with E-state index in [0.717, 1.165) is 29.4 Å². The molecular formula is C13H18BrN3S2. The summed E-state index contributed by atoms with van der Waals surface area (Å²) in [7, 11) is 0. The number of aryl methyl sites for hydroxylation is 2. The predicted octanol–water partition coefficient (Wildman–Crippen LogP) is 4.27. The maximum atomic E-state index is 4.29. The summed E-state index contributed by atoms with van der Waals surface area (Å²) < 4.78 is 1.18. The Hall–Kier alpha value is -0.300. The molecule has 0 radical (unpaired) electrons. The van der Waals surface area contributed by atoms with E-state index in [4.69, 9.17) is 0 Å². The SMILES string of the molecule is Cc1cc(-c2nnc(CCCNC(C)C)s2)sc1Br. The highest BCUT2D eigenvalue weighted by molar-refractivity contribution is 9.11. The van der Waals surface area contributed by atoms with Crippen LogP contribution in [0.1, 0.15) is 30.8 Å². The monoisotopic (exact) mass is 359 g/mol. The van der Waals surface area contributed by atoms with Crippen LogP contribution in [0, 0.1) is 6.92 Å². The number of thiophene rings is 1. The molecule has 2 aromatic rings. The van der Waals surface area contributed by atoms with Gasteiger partial charge in [0.25, 0.3) is 0 Å². The molecule has 104 valence electrons. The summed E-state index contributed by atoms with van der Waals surface area (Å²) in [6, 6.07) is 2.72. The van der Waals surface area contributed by atoms with Crippen molar-refractivity contribution in [2.24, 2.45) is 0 Å². The predicted molar refractivity (Wildman–Crippen MR) is 87.1 cm³/mol. The molecule has 19 heavy (non-hydrogen) atoms. The summed E-state index contributed by atoms with van der Waals surface area (Å²) in [4.78, 5) is 1.20. The second kappa shape index (κ2) is 6.92. The normalized spacial score (nSPS) is 11.4. The standard InChI is InChI=1S/C13H18BrN3S2/c1-8(2)15-6-4-5-11-16-17-13(19-11)10-7-9(3)12(14)18-10/h7-8,15H,4-6H2,1-3H3. The molecule has 0 saturated carbocycles. The van der Waals surface area contributed by atoms with E-state index in [1.165, 1.54) is 14.2 Å². The Morgan fingerprint density at radius 1 is 1.32 bits per heavy atom. The summed E-state index contributed by atoms with van der Waals surface area (Å²) in [5.41, 5.74) is 1.26. The molecule has 2 aromatic heterocycles. The van der Waals surface area contributed by atoms with E-state index in [-0.39, 0.29) is 0 Å². The zero-order valence-electron chi connectivity index (χ0n) is 11.4. The van der Waals surface area contributed by atoms with Crippen molar-refractivity contribution in [3.63, 3.8) is 0 Å². The molecule has 0 amide bonds. The lowest BCUT2D eigenvalue weighted by Crippen LogP contribution is -2.23. The minimum absolute atomic E-state index is 0.552. The lowest BCUT2D eigenvalue weighted by molar-refractivity contribution is 0.569. The first-order valence-electron chi connectivity index (χ1n) is 6.38. The number of halogens is 1. The first kappa shape index (κ1) is 15.1. The molecule has 6 heteroatoms. The molecule has 0 unspecified atom stereocenters. The molecule has 0 spiro atoms. The van der Waals surface area contributed by atoms with Crippen LogP contribution in [-0.4, -0.2) is 22.8 Å². The third kappa shape index (κ3) is 4.34. The van der Waals surface area contributed by atoms with Crippen molar-refractivity contribution in [3.05, 3.63) is 20.4 Å². The van der Waals surface area contributed by atoms with Crippen molar-refractivity contribution in [2.45, 2.75) is 39.7 Å². The minimum Gasteiger partial charge on any atom is -0.315 e. The molecule has 0 aliphatic heterocycles. The maximum Gasteiger partial charge on any atom is 0.157 e. The summed E-state index contributed by atoms with van der Waals surface area (Å²) in [6.07, 6.45) is 2.11. The molecule has 0 aliphatic carbocycles. The zero-order chi connectivity index (χ0) is 13.8. The molecule has 2 rings (SSSR count). The van der Waals surface area contributed by atoms with Gasteiger partial charge in [-0.25, -0.2) is 0 Å². The second-order valence-electron chi connectivity index (χ2n) is 4.78. The third-order valence-corrected chi connectivity index (χ3v) is 5.94. The van der Waals surface area contributed by atoms with E-state index < -0.39 is 0 Å². The van der Waals surface area contributed by atoms with Gasteiger partial charge >= 0.3 is 0 Å². The van der Waals surface area contributed by atoms with E-state index >= 15 is 0 Å². The van der Waals surface area contributed by atoms with Crippen molar-refractivity contribution in [1.82, 2.24) is 15.5 Å². The number of hydrogen-bond acceptors (Lipinski definition) is 5. The molecule has 0 bridgehead atoms. The van der Waals surface area contributed by atoms with Gasteiger partial charge in [0, 0.05) is 12.5 Å². The Labute approximate surface area is 130 Å². The molecule has 2 heterocycles. The quantitative estimate of drug-likeness (QED) is 0.782. The summed E-state index contributed by atoms with van der Waals surface area (Å²) in [5.74, 6) is 0. The van der Waals surface area contributed by atoms with Crippen LogP contribution >= 0.6 is 38.6 Å². The number of aromatic nitrogens is 2. The lowest BCUT2D eigenvalue weighted by atomic mass is 10.3. The van der Waals surface area contributed by atoms with Crippen LogP contribution in [-0.2, 0) is 6.42 Å². The average molecular weight is 360 g/mol. The van der Waals surface area contributed by atoms with Crippen molar-refractivity contribution in [1.29, 1.82) is 0 Å². The lowest BCUT2D eigenvalue weighted by Gasteiger charge is -2.05. The number of nitrogens with one attached hydrogen (secondary N) is 1. The highest BCUT2D eigenvalue weighted by Crippen LogP contribution is 2.36. The van der Waals surface area contributed by atoms with E-state index in [2.05, 4.69) is 58.3 Å². The fraction of sp³-hybridized carbons (Fsp3) is 0.538. The molecule has 0 aromatic carbocycles. The highest BCUT2D eigenvalue weighted by atomic mass is 79.9. The Balaban J connectivity index is 1.92. The highest BCUT2D eigenvalue weighted by Gasteiger charge is 2.10. The van der Waals surface area contributed by atoms with Crippen LogP contribution in [0.15, 0.2) is 9.85 Å². The number of rotatable bonds is 6. The van der Waals surface area contributed by atoms with E-state index in [9.17, 15) is 0 Å². The van der Waals surface area contributed by atoms with Gasteiger partial charge in [0.15, 0.2) is 5.01 Å². The average Bonchev–Trinajstić information content (AvgIpc) is 2.93. The van der Waals surface area contributed by atoms with Gasteiger partial charge in [-0.05, 0) is 47.4 Å². The number of nitrogens with zero attached hydrogens (tertiary/aromatic N) is 2. The fourth-order valence-electron chi connectivity index (χ4n) is 1.65. The van der Waals surface area contributed by atoms with Crippen molar-refractivity contribution in [2.75, 3.05) is 6.54 Å². The van der Waals surface area contributed by atoms with Crippen molar-refractivity contribution in [3.8, 4) is 9.88 Å². The van der Waals surface area contributed by atoms with E-state index in [1.807, 2.05) is 0 Å². The molecule has 0 aliphatic rings. The van der Waals surface area contributed by atoms with Gasteiger partial charge in [-0.3, -0.25) is 0 Å². The first-order valence-corrected chi connectivity index (χ1v) is 8.81. The number of hydrogen-bond donors (Lipinski definition) is 1. The Bertz CT molecular complexity index is 514.